The molecule has 0 unspecified atom stereocenters. The van der Waals surface area contributed by atoms with Gasteiger partial charge in [-0.2, -0.15) is 0 Å². The highest BCUT2D eigenvalue weighted by molar-refractivity contribution is 5.23. The minimum Gasteiger partial charge on any atom is -0.393 e. The van der Waals surface area contributed by atoms with Crippen molar-refractivity contribution in [1.82, 2.24) is 0 Å². The number of aliphatic hydroxyl groups is 1. The van der Waals surface area contributed by atoms with Crippen molar-refractivity contribution < 1.29 is 5.11 Å². The summed E-state index contributed by atoms with van der Waals surface area (Å²) in [5.41, 5.74) is 1.10. The second kappa shape index (κ2) is 4.16. The van der Waals surface area contributed by atoms with Crippen LogP contribution in [0.25, 0.3) is 0 Å². The predicted molar refractivity (Wildman–Crippen MR) is 86.8 cm³/mol. The van der Waals surface area contributed by atoms with E-state index in [1.807, 2.05) is 0 Å². The Morgan fingerprint density at radius 1 is 0.952 bits per heavy atom. The van der Waals surface area contributed by atoms with E-state index in [2.05, 4.69) is 39.8 Å². The number of hydrogen-bond acceptors (Lipinski definition) is 1. The molecule has 4 aliphatic carbocycles. The molecule has 0 saturated heterocycles. The van der Waals surface area contributed by atoms with Crippen molar-refractivity contribution in [1.29, 1.82) is 0 Å². The molecule has 0 radical (unpaired) electrons. The molecule has 1 heteroatoms. The molecular formula is C20H32O. The molecule has 0 heterocycles. The van der Waals surface area contributed by atoms with E-state index in [1.54, 1.807) is 0 Å². The normalized spacial score (nSPS) is 57.7. The van der Waals surface area contributed by atoms with Crippen LogP contribution >= 0.6 is 0 Å². The van der Waals surface area contributed by atoms with Gasteiger partial charge in [-0.25, -0.2) is 0 Å². The monoisotopic (exact) mass is 288 g/mol. The summed E-state index contributed by atoms with van der Waals surface area (Å²) in [5, 5.41) is 10.5. The van der Waals surface area contributed by atoms with Gasteiger partial charge in [-0.1, -0.05) is 39.8 Å². The molecule has 0 aromatic rings. The lowest BCUT2D eigenvalue weighted by atomic mass is 9.40. The molecule has 0 spiro atoms. The van der Waals surface area contributed by atoms with E-state index in [9.17, 15) is 5.11 Å². The van der Waals surface area contributed by atoms with Crippen molar-refractivity contribution in [3.05, 3.63) is 12.2 Å². The number of hydrogen-bond donors (Lipinski definition) is 1. The fourth-order valence-electron chi connectivity index (χ4n) is 7.13. The Labute approximate surface area is 130 Å². The Morgan fingerprint density at radius 2 is 1.71 bits per heavy atom. The minimum absolute atomic E-state index is 0.0930. The van der Waals surface area contributed by atoms with Crippen LogP contribution in [0.2, 0.25) is 0 Å². The first-order chi connectivity index (χ1) is 9.79. The van der Waals surface area contributed by atoms with Gasteiger partial charge >= 0.3 is 0 Å². The molecule has 0 bridgehead atoms. The molecule has 1 nitrogen and oxygen atoms in total. The summed E-state index contributed by atoms with van der Waals surface area (Å²) in [6.45, 7) is 9.72. The fourth-order valence-corrected chi connectivity index (χ4v) is 7.13. The molecule has 0 amide bonds. The maximum Gasteiger partial charge on any atom is 0.0594 e. The molecule has 0 aromatic heterocycles. The third-order valence-corrected chi connectivity index (χ3v) is 8.56. The average molecular weight is 288 g/mol. The Kier molecular flexibility index (Phi) is 2.83. The molecule has 3 fully saturated rings. The topological polar surface area (TPSA) is 20.2 Å². The quantitative estimate of drug-likeness (QED) is 0.635. The zero-order chi connectivity index (χ0) is 15.0. The van der Waals surface area contributed by atoms with Gasteiger partial charge in [-0.3, -0.25) is 0 Å². The summed E-state index contributed by atoms with van der Waals surface area (Å²) in [4.78, 5) is 0. The van der Waals surface area contributed by atoms with E-state index in [4.69, 9.17) is 0 Å². The lowest BCUT2D eigenvalue weighted by Crippen LogP contribution is -2.59. The van der Waals surface area contributed by atoms with Crippen LogP contribution in [0.15, 0.2) is 12.2 Å². The highest BCUT2D eigenvalue weighted by Crippen LogP contribution is 2.68. The van der Waals surface area contributed by atoms with Crippen LogP contribution in [0.1, 0.15) is 66.2 Å². The molecule has 3 saturated carbocycles. The van der Waals surface area contributed by atoms with Crippen molar-refractivity contribution in [3.63, 3.8) is 0 Å². The zero-order valence-corrected chi connectivity index (χ0v) is 14.2. The smallest absolute Gasteiger partial charge is 0.0594 e. The van der Waals surface area contributed by atoms with Crippen molar-refractivity contribution in [2.45, 2.75) is 72.3 Å². The first kappa shape index (κ1) is 14.3. The van der Waals surface area contributed by atoms with Gasteiger partial charge in [0.25, 0.3) is 0 Å². The minimum atomic E-state index is -0.0930. The van der Waals surface area contributed by atoms with Gasteiger partial charge in [0.1, 0.15) is 0 Å². The molecule has 0 aromatic carbocycles. The van der Waals surface area contributed by atoms with E-state index in [0.717, 1.165) is 24.2 Å². The largest absolute Gasteiger partial charge is 0.393 e. The van der Waals surface area contributed by atoms with Crippen molar-refractivity contribution >= 4 is 0 Å². The molecule has 1 N–H and O–H groups in total. The third kappa shape index (κ3) is 1.68. The van der Waals surface area contributed by atoms with Crippen LogP contribution in [0.3, 0.4) is 0 Å². The number of aliphatic hydroxyl groups excluding tert-OH is 1. The molecule has 4 rings (SSSR count). The van der Waals surface area contributed by atoms with Crippen LogP contribution in [0, 0.1) is 39.9 Å². The zero-order valence-electron chi connectivity index (χ0n) is 14.2. The highest BCUT2D eigenvalue weighted by Gasteiger charge is 2.61. The number of fused-ring (bicyclic) bond motifs is 5. The summed E-state index contributed by atoms with van der Waals surface area (Å²) in [6.07, 6.45) is 12.7. The second-order valence-electron chi connectivity index (χ2n) is 9.71. The van der Waals surface area contributed by atoms with Crippen LogP contribution in [-0.4, -0.2) is 11.2 Å². The van der Waals surface area contributed by atoms with Gasteiger partial charge < -0.3 is 5.11 Å². The first-order valence-corrected chi connectivity index (χ1v) is 9.16. The van der Waals surface area contributed by atoms with Crippen LogP contribution in [0.5, 0.6) is 0 Å². The van der Waals surface area contributed by atoms with Gasteiger partial charge in [-0.05, 0) is 78.4 Å². The summed E-state index contributed by atoms with van der Waals surface area (Å²) < 4.78 is 0. The van der Waals surface area contributed by atoms with Crippen molar-refractivity contribution in [3.8, 4) is 0 Å². The van der Waals surface area contributed by atoms with E-state index >= 15 is 0 Å². The van der Waals surface area contributed by atoms with Crippen molar-refractivity contribution in [2.75, 3.05) is 0 Å². The van der Waals surface area contributed by atoms with E-state index in [-0.39, 0.29) is 11.5 Å². The Hall–Kier alpha value is -0.300. The molecule has 21 heavy (non-hydrogen) atoms. The van der Waals surface area contributed by atoms with E-state index in [0.29, 0.717) is 16.7 Å². The maximum absolute atomic E-state index is 10.5. The Bertz CT molecular complexity index is 478. The van der Waals surface area contributed by atoms with E-state index < -0.39 is 0 Å². The van der Waals surface area contributed by atoms with Gasteiger partial charge in [0.2, 0.25) is 0 Å². The summed E-state index contributed by atoms with van der Waals surface area (Å²) in [5.74, 6) is 3.37. The standard InChI is InChI=1S/C20H32O/c1-18(2)16-6-5-13-14-7-10-19(14,3)11-8-15(13)20(16,4)12-9-17(18)21/h7,10,13-17,21H,5-6,8-9,11-12H2,1-4H3/t13-,14-,15+,16+,17+,19+,20+/m1/s1. The van der Waals surface area contributed by atoms with Gasteiger partial charge in [0, 0.05) is 0 Å². The van der Waals surface area contributed by atoms with Crippen LogP contribution in [-0.2, 0) is 0 Å². The molecular weight excluding hydrogens is 256 g/mol. The van der Waals surface area contributed by atoms with Crippen LogP contribution in [0.4, 0.5) is 0 Å². The number of allylic oxidation sites excluding steroid dienone is 2. The van der Waals surface area contributed by atoms with Crippen molar-refractivity contribution in [2.24, 2.45) is 39.9 Å². The van der Waals surface area contributed by atoms with Gasteiger partial charge in [0.05, 0.1) is 6.10 Å². The molecule has 7 atom stereocenters. The van der Waals surface area contributed by atoms with Gasteiger partial charge in [0.15, 0.2) is 0 Å². The maximum atomic E-state index is 10.5. The highest BCUT2D eigenvalue weighted by atomic mass is 16.3. The van der Waals surface area contributed by atoms with Gasteiger partial charge in [-0.15, -0.1) is 0 Å². The Balaban J connectivity index is 1.68. The molecule has 4 aliphatic rings. The predicted octanol–water partition coefficient (Wildman–Crippen LogP) is 4.80. The lowest BCUT2D eigenvalue weighted by Gasteiger charge is -2.65. The lowest BCUT2D eigenvalue weighted by molar-refractivity contribution is -0.173. The summed E-state index contributed by atoms with van der Waals surface area (Å²) in [7, 11) is 0. The van der Waals surface area contributed by atoms with Crippen LogP contribution < -0.4 is 0 Å². The summed E-state index contributed by atoms with van der Waals surface area (Å²) in [6, 6.07) is 0. The molecule has 118 valence electrons. The average Bonchev–Trinajstić information content (AvgIpc) is 2.40. The first-order valence-electron chi connectivity index (χ1n) is 9.16. The molecule has 0 aliphatic heterocycles. The SMILES string of the molecule is CC1(C)[C@@H](O)CC[C@@]2(C)[C@H]3CC[C@]4(C)C=C[C@@H]4[C@H]3CC[C@@H]12. The fraction of sp³-hybridized carbons (Fsp3) is 0.900. The summed E-state index contributed by atoms with van der Waals surface area (Å²) >= 11 is 0. The van der Waals surface area contributed by atoms with E-state index in [1.165, 1.54) is 32.1 Å². The Morgan fingerprint density at radius 3 is 2.38 bits per heavy atom. The number of rotatable bonds is 0. The second-order valence-corrected chi connectivity index (χ2v) is 9.71. The third-order valence-electron chi connectivity index (χ3n) is 8.56.